The molecule has 0 aliphatic carbocycles. The molecule has 0 saturated carbocycles. The average Bonchev–Trinajstić information content (AvgIpc) is 2.61. The summed E-state index contributed by atoms with van der Waals surface area (Å²) in [5, 5.41) is 17.3. The minimum absolute atomic E-state index is 0.0380. The minimum Gasteiger partial charge on any atom is -0.495 e. The number of thiocarbonyl (C=S) groups is 1. The predicted octanol–water partition coefficient (Wildman–Crippen LogP) is 4.93. The maximum Gasteiger partial charge on any atom is 0.271 e. The van der Waals surface area contributed by atoms with Gasteiger partial charge in [-0.15, -0.1) is 0 Å². The van der Waals surface area contributed by atoms with Crippen molar-refractivity contribution in [1.82, 2.24) is 0 Å². The summed E-state index contributed by atoms with van der Waals surface area (Å²) >= 11 is 5.29. The van der Waals surface area contributed by atoms with Crippen molar-refractivity contribution in [3.8, 4) is 5.75 Å². The Kier molecular flexibility index (Phi) is 6.30. The van der Waals surface area contributed by atoms with Gasteiger partial charge >= 0.3 is 0 Å². The second-order valence-corrected chi connectivity index (χ2v) is 6.06. The van der Waals surface area contributed by atoms with Gasteiger partial charge < -0.3 is 15.4 Å². The molecule has 0 heterocycles. The number of rotatable bonds is 6. The maximum absolute atomic E-state index is 10.9. The first kappa shape index (κ1) is 18.7. The third-order valence-corrected chi connectivity index (χ3v) is 4.20. The number of nitro groups is 1. The number of ether oxygens (including phenoxy) is 1. The van der Waals surface area contributed by atoms with Crippen molar-refractivity contribution in [2.45, 2.75) is 26.2 Å². The summed E-state index contributed by atoms with van der Waals surface area (Å²) < 4.78 is 5.21. The molecule has 2 N–H and O–H groups in total. The molecule has 132 valence electrons. The number of anilines is 2. The van der Waals surface area contributed by atoms with E-state index in [1.807, 2.05) is 12.1 Å². The van der Waals surface area contributed by atoms with E-state index in [4.69, 9.17) is 17.0 Å². The Labute approximate surface area is 152 Å². The van der Waals surface area contributed by atoms with E-state index in [-0.39, 0.29) is 5.69 Å². The molecule has 2 aromatic rings. The van der Waals surface area contributed by atoms with Gasteiger partial charge in [-0.2, -0.15) is 0 Å². The summed E-state index contributed by atoms with van der Waals surface area (Å²) in [4.78, 5) is 10.5. The summed E-state index contributed by atoms with van der Waals surface area (Å²) in [7, 11) is 1.50. The van der Waals surface area contributed by atoms with Gasteiger partial charge in [0.05, 0.1) is 17.7 Å². The molecule has 0 bridgehead atoms. The number of benzene rings is 2. The number of hydrogen-bond acceptors (Lipinski definition) is 4. The molecule has 1 atom stereocenters. The van der Waals surface area contributed by atoms with Crippen molar-refractivity contribution in [3.05, 3.63) is 58.1 Å². The molecule has 0 spiro atoms. The van der Waals surface area contributed by atoms with E-state index in [1.54, 1.807) is 0 Å². The normalized spacial score (nSPS) is 11.5. The molecule has 0 aromatic heterocycles. The van der Waals surface area contributed by atoms with Crippen LogP contribution in [0.2, 0.25) is 0 Å². The lowest BCUT2D eigenvalue weighted by Gasteiger charge is -2.14. The summed E-state index contributed by atoms with van der Waals surface area (Å²) in [6, 6.07) is 12.3. The van der Waals surface area contributed by atoms with Crippen LogP contribution in [0.25, 0.3) is 0 Å². The Morgan fingerprint density at radius 2 is 1.92 bits per heavy atom. The van der Waals surface area contributed by atoms with Gasteiger partial charge in [0.15, 0.2) is 5.11 Å². The highest BCUT2D eigenvalue weighted by molar-refractivity contribution is 7.80. The monoisotopic (exact) mass is 359 g/mol. The van der Waals surface area contributed by atoms with Gasteiger partial charge in [-0.1, -0.05) is 26.0 Å². The Hall–Kier alpha value is -2.67. The number of non-ortho nitro benzene ring substituents is 1. The van der Waals surface area contributed by atoms with Crippen molar-refractivity contribution in [2.75, 3.05) is 17.7 Å². The molecule has 1 unspecified atom stereocenters. The van der Waals surface area contributed by atoms with E-state index in [0.717, 1.165) is 12.1 Å². The second kappa shape index (κ2) is 8.43. The van der Waals surface area contributed by atoms with E-state index in [2.05, 4.69) is 36.6 Å². The average molecular weight is 359 g/mol. The molecule has 2 aromatic carbocycles. The first-order valence-electron chi connectivity index (χ1n) is 7.95. The van der Waals surface area contributed by atoms with Crippen LogP contribution in [0.4, 0.5) is 17.1 Å². The topological polar surface area (TPSA) is 76.4 Å². The lowest BCUT2D eigenvalue weighted by Crippen LogP contribution is -2.19. The predicted molar refractivity (Wildman–Crippen MR) is 105 cm³/mol. The van der Waals surface area contributed by atoms with Crippen LogP contribution < -0.4 is 15.4 Å². The van der Waals surface area contributed by atoms with Gasteiger partial charge in [-0.25, -0.2) is 0 Å². The van der Waals surface area contributed by atoms with Crippen LogP contribution in [0.15, 0.2) is 42.5 Å². The molecule has 0 amide bonds. The Bertz CT molecular complexity index is 763. The molecular formula is C18H21N3O3S. The van der Waals surface area contributed by atoms with Gasteiger partial charge in [-0.05, 0) is 48.3 Å². The zero-order chi connectivity index (χ0) is 18.4. The molecule has 0 aliphatic rings. The standard InChI is InChI=1S/C18H21N3O3S/c1-4-12(2)13-5-7-14(8-6-13)19-18(25)20-16-11-15(21(22)23)9-10-17(16)24-3/h5-12H,4H2,1-3H3,(H2,19,20,25). The molecule has 7 heteroatoms. The van der Waals surface area contributed by atoms with Gasteiger partial charge in [-0.3, -0.25) is 10.1 Å². The maximum atomic E-state index is 10.9. The van der Waals surface area contributed by atoms with Gasteiger partial charge in [0.1, 0.15) is 5.75 Å². The molecule has 0 aliphatic heterocycles. The first-order chi connectivity index (χ1) is 11.9. The van der Waals surface area contributed by atoms with E-state index in [0.29, 0.717) is 22.5 Å². The van der Waals surface area contributed by atoms with Crippen molar-refractivity contribution in [3.63, 3.8) is 0 Å². The minimum atomic E-state index is -0.464. The van der Waals surface area contributed by atoms with Gasteiger partial charge in [0.25, 0.3) is 5.69 Å². The van der Waals surface area contributed by atoms with E-state index in [1.165, 1.54) is 30.9 Å². The Balaban J connectivity index is 2.09. The molecule has 25 heavy (non-hydrogen) atoms. The van der Waals surface area contributed by atoms with Gasteiger partial charge in [0.2, 0.25) is 0 Å². The number of hydrogen-bond donors (Lipinski definition) is 2. The second-order valence-electron chi connectivity index (χ2n) is 5.65. The largest absolute Gasteiger partial charge is 0.495 e. The molecule has 0 saturated heterocycles. The summed E-state index contributed by atoms with van der Waals surface area (Å²) in [6.07, 6.45) is 1.08. The van der Waals surface area contributed by atoms with Crippen molar-refractivity contribution >= 4 is 34.4 Å². The number of nitro benzene ring substituents is 1. The molecule has 0 fully saturated rings. The number of methoxy groups -OCH3 is 1. The third-order valence-electron chi connectivity index (χ3n) is 3.99. The highest BCUT2D eigenvalue weighted by atomic mass is 32.1. The lowest BCUT2D eigenvalue weighted by atomic mass is 9.99. The summed E-state index contributed by atoms with van der Waals surface area (Å²) in [5.41, 5.74) is 2.51. The van der Waals surface area contributed by atoms with Crippen LogP contribution in [0, 0.1) is 10.1 Å². The highest BCUT2D eigenvalue weighted by Gasteiger charge is 2.12. The van der Waals surface area contributed by atoms with Crippen LogP contribution in [0.5, 0.6) is 5.75 Å². The quantitative estimate of drug-likeness (QED) is 0.433. The van der Waals surface area contributed by atoms with Crippen molar-refractivity contribution in [2.24, 2.45) is 0 Å². The SMILES string of the molecule is CCC(C)c1ccc(NC(=S)Nc2cc([N+](=O)[O-])ccc2OC)cc1. The van der Waals surface area contributed by atoms with Crippen LogP contribution in [-0.2, 0) is 0 Å². The van der Waals surface area contributed by atoms with Crippen LogP contribution >= 0.6 is 12.2 Å². The zero-order valence-corrected chi connectivity index (χ0v) is 15.2. The zero-order valence-electron chi connectivity index (χ0n) is 14.4. The first-order valence-corrected chi connectivity index (χ1v) is 8.35. The highest BCUT2D eigenvalue weighted by Crippen LogP contribution is 2.29. The Morgan fingerprint density at radius 1 is 1.24 bits per heavy atom. The third kappa shape index (κ3) is 4.90. The van der Waals surface area contributed by atoms with Crippen molar-refractivity contribution in [1.29, 1.82) is 0 Å². The lowest BCUT2D eigenvalue weighted by molar-refractivity contribution is -0.384. The number of nitrogens with zero attached hydrogens (tertiary/aromatic N) is 1. The van der Waals surface area contributed by atoms with Crippen LogP contribution in [0.1, 0.15) is 31.7 Å². The number of nitrogens with one attached hydrogen (secondary N) is 2. The van der Waals surface area contributed by atoms with Crippen molar-refractivity contribution < 1.29 is 9.66 Å². The molecular weight excluding hydrogens is 338 g/mol. The van der Waals surface area contributed by atoms with E-state index < -0.39 is 4.92 Å². The van der Waals surface area contributed by atoms with E-state index in [9.17, 15) is 10.1 Å². The van der Waals surface area contributed by atoms with Gasteiger partial charge in [0, 0.05) is 17.8 Å². The van der Waals surface area contributed by atoms with E-state index >= 15 is 0 Å². The fourth-order valence-electron chi connectivity index (χ4n) is 2.32. The van der Waals surface area contributed by atoms with Crippen LogP contribution in [0.3, 0.4) is 0 Å². The molecule has 0 radical (unpaired) electrons. The van der Waals surface area contributed by atoms with Crippen LogP contribution in [-0.4, -0.2) is 17.1 Å². The smallest absolute Gasteiger partial charge is 0.271 e. The fraction of sp³-hybridized carbons (Fsp3) is 0.278. The summed E-state index contributed by atoms with van der Waals surface area (Å²) in [6.45, 7) is 4.34. The molecule has 6 nitrogen and oxygen atoms in total. The molecule has 2 rings (SSSR count). The Morgan fingerprint density at radius 3 is 2.48 bits per heavy atom. The fourth-order valence-corrected chi connectivity index (χ4v) is 2.55. The summed E-state index contributed by atoms with van der Waals surface area (Å²) in [5.74, 6) is 0.982.